The van der Waals surface area contributed by atoms with Gasteiger partial charge in [-0.3, -0.25) is 0 Å². The van der Waals surface area contributed by atoms with Gasteiger partial charge in [-0.1, -0.05) is 0 Å². The van der Waals surface area contributed by atoms with Crippen molar-refractivity contribution in [1.29, 1.82) is 0 Å². The molecular weight excluding hydrogens is 118 g/mol. The summed E-state index contributed by atoms with van der Waals surface area (Å²) in [6, 6.07) is 0. The minimum Gasteiger partial charge on any atom is -0.870 e. The maximum Gasteiger partial charge on any atom is 0 e. The average molecular weight is 121 g/mol. The SMILES string of the molecule is [Ga].[OH-].[OH-].[OH-]. The van der Waals surface area contributed by atoms with Crippen molar-refractivity contribution in [3.05, 3.63) is 0 Å². The molecule has 4 heavy (non-hydrogen) atoms. The third-order valence-corrected chi connectivity index (χ3v) is 0. The molecule has 0 aliphatic heterocycles. The second-order valence-electron chi connectivity index (χ2n) is 0. The van der Waals surface area contributed by atoms with Crippen LogP contribution in [0, 0.1) is 0 Å². The molecule has 3 N–H and O–H groups in total. The Bertz CT molecular complexity index is 3.25. The van der Waals surface area contributed by atoms with E-state index in [1.165, 1.54) is 0 Å². The molecule has 0 unspecified atom stereocenters. The van der Waals surface area contributed by atoms with E-state index in [0.717, 1.165) is 0 Å². The molecule has 0 aromatic heterocycles. The van der Waals surface area contributed by atoms with Gasteiger partial charge in [0, 0.05) is 19.8 Å². The normalized spacial score (nSPS) is 0. The van der Waals surface area contributed by atoms with E-state index in [-0.39, 0.29) is 36.2 Å². The molecule has 0 aromatic carbocycles. The van der Waals surface area contributed by atoms with Gasteiger partial charge in [-0.2, -0.15) is 0 Å². The van der Waals surface area contributed by atoms with Gasteiger partial charge in [0.05, 0.1) is 0 Å². The van der Waals surface area contributed by atoms with Gasteiger partial charge in [-0.15, -0.1) is 0 Å². The van der Waals surface area contributed by atoms with Crippen molar-refractivity contribution in [3.8, 4) is 0 Å². The van der Waals surface area contributed by atoms with Crippen molar-refractivity contribution in [2.75, 3.05) is 0 Å². The van der Waals surface area contributed by atoms with Crippen LogP contribution < -0.4 is 0 Å². The van der Waals surface area contributed by atoms with Crippen molar-refractivity contribution in [1.82, 2.24) is 0 Å². The predicted octanol–water partition coefficient (Wildman–Crippen LogP) is -0.911. The van der Waals surface area contributed by atoms with Crippen molar-refractivity contribution in [2.24, 2.45) is 0 Å². The third-order valence-electron chi connectivity index (χ3n) is 0. The third kappa shape index (κ3) is 21.7. The van der Waals surface area contributed by atoms with Gasteiger partial charge in [0.15, 0.2) is 0 Å². The molecule has 0 bridgehead atoms. The Kier molecular flexibility index (Phi) is 4370. The van der Waals surface area contributed by atoms with Crippen LogP contribution in [0.1, 0.15) is 0 Å². The van der Waals surface area contributed by atoms with Gasteiger partial charge >= 0.3 is 0 Å². The fraction of sp³-hybridized carbons (Fsp3) is 0. The Morgan fingerprint density at radius 1 is 0.500 bits per heavy atom. The zero-order valence-electron chi connectivity index (χ0n) is 1.92. The van der Waals surface area contributed by atoms with Crippen molar-refractivity contribution < 1.29 is 16.4 Å². The zero-order chi connectivity index (χ0) is 0. The van der Waals surface area contributed by atoms with Gasteiger partial charge < -0.3 is 16.4 Å². The van der Waals surface area contributed by atoms with E-state index < -0.39 is 0 Å². The van der Waals surface area contributed by atoms with E-state index in [1.54, 1.807) is 0 Å². The summed E-state index contributed by atoms with van der Waals surface area (Å²) < 4.78 is 0. The molecule has 0 spiro atoms. The largest absolute Gasteiger partial charge is 0.870 e. The van der Waals surface area contributed by atoms with Crippen LogP contribution in [0.15, 0.2) is 0 Å². The Hall–Kier alpha value is 0.516. The number of hydrogen-bond acceptors (Lipinski definition) is 3. The molecule has 0 rings (SSSR count). The maximum atomic E-state index is 0. The average Bonchev–Trinajstić information content (AvgIpc) is 0. The molecule has 0 amide bonds. The van der Waals surface area contributed by atoms with E-state index >= 15 is 0 Å². The van der Waals surface area contributed by atoms with Crippen LogP contribution in [0.4, 0.5) is 0 Å². The minimum absolute atomic E-state index is 0. The topological polar surface area (TPSA) is 90.0 Å². The van der Waals surface area contributed by atoms with Gasteiger partial charge in [0.1, 0.15) is 0 Å². The summed E-state index contributed by atoms with van der Waals surface area (Å²) >= 11 is 0. The second kappa shape index (κ2) is 83.5. The molecule has 3 radical (unpaired) electrons. The van der Waals surface area contributed by atoms with E-state index in [0.29, 0.717) is 0 Å². The molecule has 0 aromatic rings. The van der Waals surface area contributed by atoms with Crippen LogP contribution in [0.25, 0.3) is 0 Å². The van der Waals surface area contributed by atoms with Gasteiger partial charge in [0.2, 0.25) is 0 Å². The Balaban J connectivity index is 0. The van der Waals surface area contributed by atoms with Gasteiger partial charge in [0.25, 0.3) is 0 Å². The molecular formula is H3GaO3-3. The molecule has 0 aliphatic rings. The maximum absolute atomic E-state index is 0. The van der Waals surface area contributed by atoms with E-state index in [1.807, 2.05) is 0 Å². The molecule has 0 heterocycles. The van der Waals surface area contributed by atoms with Crippen LogP contribution >= 0.6 is 0 Å². The zero-order valence-corrected chi connectivity index (χ0v) is 4.34. The van der Waals surface area contributed by atoms with Crippen molar-refractivity contribution in [3.63, 3.8) is 0 Å². The quantitative estimate of drug-likeness (QED) is 0.388. The summed E-state index contributed by atoms with van der Waals surface area (Å²) in [5.74, 6) is 0. The Labute approximate surface area is 37.0 Å². The van der Waals surface area contributed by atoms with E-state index in [4.69, 9.17) is 0 Å². The first-order chi connectivity index (χ1) is 0. The predicted molar refractivity (Wildman–Crippen MR) is 11.6 cm³/mol. The Morgan fingerprint density at radius 3 is 0.500 bits per heavy atom. The van der Waals surface area contributed by atoms with Crippen molar-refractivity contribution >= 4 is 19.8 Å². The fourth-order valence-electron chi connectivity index (χ4n) is 0. The summed E-state index contributed by atoms with van der Waals surface area (Å²) in [6.07, 6.45) is 0. The second-order valence-corrected chi connectivity index (χ2v) is 0. The molecule has 0 aliphatic carbocycles. The van der Waals surface area contributed by atoms with Crippen LogP contribution in [0.3, 0.4) is 0 Å². The molecule has 4 heteroatoms. The summed E-state index contributed by atoms with van der Waals surface area (Å²) in [5.41, 5.74) is 0. The van der Waals surface area contributed by atoms with Crippen molar-refractivity contribution in [2.45, 2.75) is 0 Å². The number of hydrogen-bond donors (Lipinski definition) is 0. The summed E-state index contributed by atoms with van der Waals surface area (Å²) in [7, 11) is 0. The smallest absolute Gasteiger partial charge is 0 e. The first kappa shape index (κ1) is 209. The van der Waals surface area contributed by atoms with Gasteiger partial charge in [-0.25, -0.2) is 0 Å². The van der Waals surface area contributed by atoms with Crippen LogP contribution in [-0.4, -0.2) is 36.2 Å². The fourth-order valence-corrected chi connectivity index (χ4v) is 0. The molecule has 0 saturated carbocycles. The van der Waals surface area contributed by atoms with Crippen LogP contribution in [0.5, 0.6) is 0 Å². The molecule has 0 fully saturated rings. The summed E-state index contributed by atoms with van der Waals surface area (Å²) in [5, 5.41) is 0. The standard InChI is InChI=1S/Ga.3H2O/h;3*1H2/p-3. The summed E-state index contributed by atoms with van der Waals surface area (Å²) in [6.45, 7) is 0. The first-order valence-electron chi connectivity index (χ1n) is 0. The summed E-state index contributed by atoms with van der Waals surface area (Å²) in [4.78, 5) is 0. The van der Waals surface area contributed by atoms with Gasteiger partial charge in [-0.05, 0) is 0 Å². The molecule has 27 valence electrons. The van der Waals surface area contributed by atoms with Crippen LogP contribution in [0.2, 0.25) is 0 Å². The molecule has 0 saturated heterocycles. The first-order valence-corrected chi connectivity index (χ1v) is 0. The molecule has 0 atom stereocenters. The number of rotatable bonds is 0. The van der Waals surface area contributed by atoms with Crippen LogP contribution in [-0.2, 0) is 0 Å². The van der Waals surface area contributed by atoms with E-state index in [2.05, 4.69) is 0 Å². The monoisotopic (exact) mass is 120 g/mol. The molecule has 3 nitrogen and oxygen atoms in total. The Morgan fingerprint density at radius 2 is 0.500 bits per heavy atom. The minimum atomic E-state index is 0. The van der Waals surface area contributed by atoms with E-state index in [9.17, 15) is 0 Å².